The van der Waals surface area contributed by atoms with Crippen LogP contribution in [0.4, 0.5) is 16.2 Å². The first kappa shape index (κ1) is 25.4. The maximum absolute atomic E-state index is 13.6. The number of piperidine rings is 1. The number of anilines is 2. The molecule has 37 heavy (non-hydrogen) atoms. The smallest absolute Gasteiger partial charge is 0.234 e. The van der Waals surface area contributed by atoms with Crippen molar-refractivity contribution in [3.05, 3.63) is 72.0 Å². The van der Waals surface area contributed by atoms with Gasteiger partial charge in [0, 0.05) is 44.3 Å². The van der Waals surface area contributed by atoms with Gasteiger partial charge in [-0.1, -0.05) is 30.3 Å². The number of hydrogen-bond donors (Lipinski definition) is 2. The van der Waals surface area contributed by atoms with Crippen LogP contribution < -0.4 is 20.3 Å². The highest BCUT2D eigenvalue weighted by Crippen LogP contribution is 2.34. The molecule has 2 saturated heterocycles. The van der Waals surface area contributed by atoms with Crippen LogP contribution in [-0.2, 0) is 10.2 Å². The quantitative estimate of drug-likeness (QED) is 0.399. The summed E-state index contributed by atoms with van der Waals surface area (Å²) in [4.78, 5) is 11.6. The van der Waals surface area contributed by atoms with Gasteiger partial charge in [0.2, 0.25) is 11.8 Å². The zero-order valence-electron chi connectivity index (χ0n) is 20.8. The molecule has 3 aromatic rings. The summed E-state index contributed by atoms with van der Waals surface area (Å²) < 4.78 is 25.2. The zero-order chi connectivity index (χ0) is 25.5. The molecule has 0 bridgehead atoms. The zero-order valence-corrected chi connectivity index (χ0v) is 21.6. The molecule has 0 radical (unpaired) electrons. The maximum Gasteiger partial charge on any atom is 0.234 e. The number of hydrogen-bond acceptors (Lipinski definition) is 6. The monoisotopic (exact) mass is 521 g/mol. The molecule has 2 aromatic carbocycles. The summed E-state index contributed by atoms with van der Waals surface area (Å²) in [6.45, 7) is 3.80. The molecule has 5 rings (SSSR count). The van der Waals surface area contributed by atoms with Crippen molar-refractivity contribution in [2.45, 2.75) is 37.5 Å². The van der Waals surface area contributed by atoms with Crippen molar-refractivity contribution < 1.29 is 13.9 Å². The van der Waals surface area contributed by atoms with Crippen molar-refractivity contribution in [1.29, 1.82) is 0 Å². The van der Waals surface area contributed by atoms with Crippen LogP contribution in [0.15, 0.2) is 60.7 Å². The number of ether oxygens (including phenoxy) is 2. The van der Waals surface area contributed by atoms with Gasteiger partial charge < -0.3 is 25.0 Å². The van der Waals surface area contributed by atoms with E-state index in [0.717, 1.165) is 50.2 Å². The van der Waals surface area contributed by atoms with Gasteiger partial charge in [-0.2, -0.15) is 9.97 Å². The molecular weight excluding hydrogens is 489 g/mol. The highest BCUT2D eigenvalue weighted by Gasteiger charge is 2.34. The summed E-state index contributed by atoms with van der Waals surface area (Å²) in [7, 11) is 0. The van der Waals surface area contributed by atoms with Crippen LogP contribution in [0.3, 0.4) is 0 Å². The molecule has 0 aliphatic carbocycles. The van der Waals surface area contributed by atoms with Crippen molar-refractivity contribution in [1.82, 2.24) is 15.3 Å². The molecule has 2 aliphatic rings. The third kappa shape index (κ3) is 6.53. The van der Waals surface area contributed by atoms with Gasteiger partial charge in [-0.25, -0.2) is 4.39 Å². The normalized spacial score (nSPS) is 17.2. The fraction of sp³-hybridized carbons (Fsp3) is 0.393. The van der Waals surface area contributed by atoms with E-state index in [0.29, 0.717) is 42.4 Å². The van der Waals surface area contributed by atoms with Crippen molar-refractivity contribution in [3.8, 4) is 11.6 Å². The first-order chi connectivity index (χ1) is 18.1. The Hall–Kier alpha value is -3.30. The second-order valence-electron chi connectivity index (χ2n) is 9.56. The number of halogens is 1. The van der Waals surface area contributed by atoms with E-state index in [1.165, 1.54) is 18.6 Å². The second-order valence-corrected chi connectivity index (χ2v) is 9.97. The lowest BCUT2D eigenvalue weighted by Gasteiger charge is -2.38. The van der Waals surface area contributed by atoms with E-state index >= 15 is 0 Å². The van der Waals surface area contributed by atoms with Gasteiger partial charge in [0.15, 0.2) is 5.11 Å². The summed E-state index contributed by atoms with van der Waals surface area (Å²) in [5, 5.41) is 6.95. The average Bonchev–Trinajstić information content (AvgIpc) is 2.94. The van der Waals surface area contributed by atoms with Crippen molar-refractivity contribution in [2.24, 2.45) is 0 Å². The highest BCUT2D eigenvalue weighted by molar-refractivity contribution is 7.80. The number of rotatable bonds is 7. The van der Waals surface area contributed by atoms with Crippen LogP contribution in [0, 0.1) is 5.82 Å². The highest BCUT2D eigenvalue weighted by atomic mass is 32.1. The van der Waals surface area contributed by atoms with Gasteiger partial charge in [0.25, 0.3) is 0 Å². The Balaban J connectivity index is 1.32. The molecule has 2 N–H and O–H groups in total. The Morgan fingerprint density at radius 2 is 1.73 bits per heavy atom. The lowest BCUT2D eigenvalue weighted by molar-refractivity contribution is 0.0515. The topological polar surface area (TPSA) is 71.5 Å². The van der Waals surface area contributed by atoms with Crippen molar-refractivity contribution >= 4 is 29.1 Å². The van der Waals surface area contributed by atoms with Crippen molar-refractivity contribution in [2.75, 3.05) is 43.1 Å². The van der Waals surface area contributed by atoms with Crippen LogP contribution in [0.5, 0.6) is 11.6 Å². The fourth-order valence-corrected chi connectivity index (χ4v) is 5.11. The molecule has 0 saturated carbocycles. The van der Waals surface area contributed by atoms with E-state index in [4.69, 9.17) is 26.7 Å². The molecule has 0 amide bonds. The minimum Gasteiger partial charge on any atom is -0.439 e. The molecule has 0 spiro atoms. The molecule has 2 fully saturated rings. The Bertz CT molecular complexity index is 1180. The minimum absolute atomic E-state index is 0.199. The third-order valence-corrected chi connectivity index (χ3v) is 7.30. The van der Waals surface area contributed by atoms with Crippen molar-refractivity contribution in [3.63, 3.8) is 0 Å². The summed E-state index contributed by atoms with van der Waals surface area (Å²) >= 11 is 5.65. The molecule has 9 heteroatoms. The molecule has 194 valence electrons. The first-order valence-electron chi connectivity index (χ1n) is 12.9. The van der Waals surface area contributed by atoms with Crippen LogP contribution in [0.25, 0.3) is 0 Å². The number of nitrogens with zero attached hydrogens (tertiary/aromatic N) is 3. The molecule has 1 aromatic heterocycles. The van der Waals surface area contributed by atoms with Crippen LogP contribution in [-0.4, -0.2) is 47.9 Å². The Labute approximate surface area is 222 Å². The van der Waals surface area contributed by atoms with E-state index in [1.807, 2.05) is 48.5 Å². The lowest BCUT2D eigenvalue weighted by Crippen LogP contribution is -2.45. The molecular formula is C28H32FN5O2S. The summed E-state index contributed by atoms with van der Waals surface area (Å²) in [6.07, 6.45) is 5.15. The van der Waals surface area contributed by atoms with Gasteiger partial charge in [0.05, 0.1) is 0 Å². The fourth-order valence-electron chi connectivity index (χ4n) is 4.94. The number of thiocarbonyl (C=S) groups is 1. The van der Waals surface area contributed by atoms with Gasteiger partial charge in [0.1, 0.15) is 17.4 Å². The molecule has 3 heterocycles. The van der Waals surface area contributed by atoms with E-state index in [2.05, 4.69) is 20.5 Å². The van der Waals surface area contributed by atoms with Gasteiger partial charge in [-0.05, 0) is 74.2 Å². The Morgan fingerprint density at radius 3 is 2.46 bits per heavy atom. The van der Waals surface area contributed by atoms with Gasteiger partial charge in [-0.15, -0.1) is 0 Å². The van der Waals surface area contributed by atoms with Gasteiger partial charge in [-0.3, -0.25) is 0 Å². The van der Waals surface area contributed by atoms with Gasteiger partial charge >= 0.3 is 0 Å². The molecule has 0 unspecified atom stereocenters. The van der Waals surface area contributed by atoms with E-state index in [-0.39, 0.29) is 11.2 Å². The van der Waals surface area contributed by atoms with E-state index in [9.17, 15) is 4.39 Å². The lowest BCUT2D eigenvalue weighted by atomic mass is 9.74. The number of benzene rings is 2. The summed E-state index contributed by atoms with van der Waals surface area (Å²) in [6, 6.07) is 18.2. The Morgan fingerprint density at radius 1 is 1.00 bits per heavy atom. The minimum atomic E-state index is -0.240. The Kier molecular flexibility index (Phi) is 8.11. The predicted molar refractivity (Wildman–Crippen MR) is 147 cm³/mol. The van der Waals surface area contributed by atoms with E-state index in [1.54, 1.807) is 0 Å². The SMILES string of the molecule is Fc1ccc(C2(CNC(=S)Nc3nc(Oc4ccccc4)cc(N4CCCCC4)n3)CCOCC2)cc1. The van der Waals surface area contributed by atoms with Crippen LogP contribution >= 0.6 is 12.2 Å². The average molecular weight is 522 g/mol. The van der Waals surface area contributed by atoms with E-state index < -0.39 is 0 Å². The third-order valence-electron chi connectivity index (χ3n) is 7.05. The number of nitrogens with one attached hydrogen (secondary N) is 2. The molecule has 0 atom stereocenters. The molecule has 7 nitrogen and oxygen atoms in total. The maximum atomic E-state index is 13.6. The number of para-hydroxylation sites is 1. The molecule has 2 aliphatic heterocycles. The first-order valence-corrected chi connectivity index (χ1v) is 13.3. The summed E-state index contributed by atoms with van der Waals surface area (Å²) in [5.74, 6) is 2.13. The number of aromatic nitrogens is 2. The summed E-state index contributed by atoms with van der Waals surface area (Å²) in [5.41, 5.74) is 0.880. The standard InChI is InChI=1S/C28H32FN5O2S/c29-22-11-9-21(10-12-22)28(13-17-35-18-14-28)20-30-27(37)33-26-31-24(34-15-5-2-6-16-34)19-25(32-26)36-23-7-3-1-4-8-23/h1,3-4,7-12,19H,2,5-6,13-18,20H2,(H2,30,31,32,33,37). The predicted octanol–water partition coefficient (Wildman–Crippen LogP) is 5.43. The van der Waals surface area contributed by atoms with Crippen LogP contribution in [0.2, 0.25) is 0 Å². The second kappa shape index (κ2) is 11.8. The van der Waals surface area contributed by atoms with Crippen LogP contribution in [0.1, 0.15) is 37.7 Å². The largest absolute Gasteiger partial charge is 0.439 e.